The summed E-state index contributed by atoms with van der Waals surface area (Å²) in [6, 6.07) is 13.1. The van der Waals surface area contributed by atoms with Crippen LogP contribution in [0.2, 0.25) is 5.02 Å². The lowest BCUT2D eigenvalue weighted by Crippen LogP contribution is -2.36. The molecule has 0 bridgehead atoms. The molecule has 3 aromatic heterocycles. The molecule has 0 aliphatic carbocycles. The van der Waals surface area contributed by atoms with Crippen molar-refractivity contribution in [1.82, 2.24) is 35.4 Å². The molecule has 0 spiro atoms. The molecule has 11 heteroatoms. The fraction of sp³-hybridized carbons (Fsp3) is 0.211. The van der Waals surface area contributed by atoms with Crippen molar-refractivity contribution in [3.05, 3.63) is 65.4 Å². The predicted octanol–water partition coefficient (Wildman–Crippen LogP) is 3.31. The van der Waals surface area contributed by atoms with Gasteiger partial charge in [0.1, 0.15) is 6.54 Å². The Hall–Kier alpha value is -2.73. The second-order valence-electron chi connectivity index (χ2n) is 6.12. The fourth-order valence-corrected chi connectivity index (χ4v) is 2.91. The Morgan fingerprint density at radius 2 is 2.07 bits per heavy atom. The first-order valence-corrected chi connectivity index (χ1v) is 9.50. The van der Waals surface area contributed by atoms with Gasteiger partial charge in [-0.25, -0.2) is 4.99 Å². The molecule has 0 atom stereocenters. The van der Waals surface area contributed by atoms with Crippen LogP contribution < -0.4 is 10.6 Å². The summed E-state index contributed by atoms with van der Waals surface area (Å²) in [4.78, 5) is 8.96. The van der Waals surface area contributed by atoms with Gasteiger partial charge in [-0.1, -0.05) is 35.0 Å². The van der Waals surface area contributed by atoms with Crippen molar-refractivity contribution in [3.8, 4) is 11.4 Å². The van der Waals surface area contributed by atoms with Crippen molar-refractivity contribution in [3.63, 3.8) is 0 Å². The third-order valence-corrected chi connectivity index (χ3v) is 4.30. The van der Waals surface area contributed by atoms with Crippen LogP contribution in [0, 0.1) is 0 Å². The summed E-state index contributed by atoms with van der Waals surface area (Å²) < 4.78 is 7.22. The summed E-state index contributed by atoms with van der Waals surface area (Å²) >= 11 is 6.02. The van der Waals surface area contributed by atoms with Crippen LogP contribution in [0.4, 0.5) is 0 Å². The maximum absolute atomic E-state index is 6.02. The summed E-state index contributed by atoms with van der Waals surface area (Å²) in [5.74, 6) is 2.29. The van der Waals surface area contributed by atoms with Gasteiger partial charge in [-0.3, -0.25) is 4.40 Å². The van der Waals surface area contributed by atoms with Crippen LogP contribution in [-0.2, 0) is 13.1 Å². The molecule has 30 heavy (non-hydrogen) atoms. The Bertz CT molecular complexity index is 1140. The van der Waals surface area contributed by atoms with Crippen molar-refractivity contribution in [2.45, 2.75) is 20.0 Å². The van der Waals surface area contributed by atoms with Crippen molar-refractivity contribution in [2.24, 2.45) is 4.99 Å². The lowest BCUT2D eigenvalue weighted by atomic mass is 10.2. The maximum atomic E-state index is 6.02. The zero-order chi connectivity index (χ0) is 20.1. The van der Waals surface area contributed by atoms with Crippen LogP contribution in [0.3, 0.4) is 0 Å². The van der Waals surface area contributed by atoms with Gasteiger partial charge in [-0.05, 0) is 31.2 Å². The van der Waals surface area contributed by atoms with E-state index in [1.165, 1.54) is 0 Å². The van der Waals surface area contributed by atoms with E-state index >= 15 is 0 Å². The van der Waals surface area contributed by atoms with E-state index in [0.29, 0.717) is 42.3 Å². The maximum Gasteiger partial charge on any atom is 0.246 e. The third kappa shape index (κ3) is 5.25. The molecule has 0 radical (unpaired) electrons. The van der Waals surface area contributed by atoms with E-state index in [-0.39, 0.29) is 24.0 Å². The first kappa shape index (κ1) is 22.0. The molecule has 0 fully saturated rings. The summed E-state index contributed by atoms with van der Waals surface area (Å²) in [5.41, 5.74) is 1.59. The van der Waals surface area contributed by atoms with E-state index in [1.54, 1.807) is 12.1 Å². The summed E-state index contributed by atoms with van der Waals surface area (Å²) in [6.45, 7) is 3.41. The highest BCUT2D eigenvalue weighted by molar-refractivity contribution is 14.0. The summed E-state index contributed by atoms with van der Waals surface area (Å²) in [6.07, 6.45) is 1.91. The molecule has 0 amide bonds. The highest BCUT2D eigenvalue weighted by atomic mass is 127. The number of rotatable bonds is 6. The Morgan fingerprint density at radius 3 is 2.90 bits per heavy atom. The number of hydrogen-bond donors (Lipinski definition) is 2. The van der Waals surface area contributed by atoms with Crippen molar-refractivity contribution >= 4 is 47.2 Å². The molecule has 4 rings (SSSR count). The smallest absolute Gasteiger partial charge is 0.246 e. The molecule has 0 saturated carbocycles. The zero-order valence-corrected chi connectivity index (χ0v) is 19.2. The van der Waals surface area contributed by atoms with Gasteiger partial charge in [-0.15, -0.1) is 34.2 Å². The fourth-order valence-electron chi connectivity index (χ4n) is 2.72. The first-order chi connectivity index (χ1) is 14.2. The quantitative estimate of drug-likeness (QED) is 0.220. The molecular formula is C19H20ClIN8O. The van der Waals surface area contributed by atoms with Crippen LogP contribution in [0.1, 0.15) is 18.6 Å². The standard InChI is InChI=1S/C19H19ClN8O.HI/c1-2-21-19(22-11-16-26-25-15-8-3-4-9-28(15)16)23-12-17-24-18(27-29-17)13-6-5-7-14(20)10-13;/h3-10H,2,11-12H2,1H3,(H2,21,22,23);1H. The highest BCUT2D eigenvalue weighted by Gasteiger charge is 2.10. The minimum Gasteiger partial charge on any atom is -0.357 e. The molecule has 0 aliphatic heterocycles. The lowest BCUT2D eigenvalue weighted by molar-refractivity contribution is 0.375. The van der Waals surface area contributed by atoms with E-state index in [1.807, 2.05) is 47.9 Å². The number of pyridine rings is 1. The molecule has 3 heterocycles. The van der Waals surface area contributed by atoms with Crippen molar-refractivity contribution in [1.29, 1.82) is 0 Å². The monoisotopic (exact) mass is 538 g/mol. The van der Waals surface area contributed by atoms with Gasteiger partial charge in [0.15, 0.2) is 17.4 Å². The number of hydrogen-bond acceptors (Lipinski definition) is 6. The molecule has 0 saturated heterocycles. The Labute approximate surface area is 195 Å². The average molecular weight is 539 g/mol. The Kier molecular flexibility index (Phi) is 7.57. The zero-order valence-electron chi connectivity index (χ0n) is 16.1. The normalized spacial score (nSPS) is 11.3. The lowest BCUT2D eigenvalue weighted by Gasteiger charge is -2.09. The second-order valence-corrected chi connectivity index (χ2v) is 6.55. The van der Waals surface area contributed by atoms with E-state index in [0.717, 1.165) is 17.0 Å². The molecule has 4 aromatic rings. The van der Waals surface area contributed by atoms with Gasteiger partial charge < -0.3 is 15.2 Å². The number of halogens is 2. The predicted molar refractivity (Wildman–Crippen MR) is 125 cm³/mol. The summed E-state index contributed by atoms with van der Waals surface area (Å²) in [7, 11) is 0. The Balaban J connectivity index is 0.00000256. The SMILES string of the molecule is CCNC(=NCc1nnc2ccccn12)NCc1nc(-c2cccc(Cl)c2)no1.I. The largest absolute Gasteiger partial charge is 0.357 e. The summed E-state index contributed by atoms with van der Waals surface area (Å²) in [5, 5.41) is 19.3. The van der Waals surface area contributed by atoms with Gasteiger partial charge in [0.25, 0.3) is 0 Å². The van der Waals surface area contributed by atoms with Crippen LogP contribution >= 0.6 is 35.6 Å². The van der Waals surface area contributed by atoms with Crippen molar-refractivity contribution < 1.29 is 4.52 Å². The molecule has 0 unspecified atom stereocenters. The number of aromatic nitrogens is 5. The van der Waals surface area contributed by atoms with Gasteiger partial charge in [0, 0.05) is 23.3 Å². The van der Waals surface area contributed by atoms with E-state index in [2.05, 4.69) is 36.0 Å². The third-order valence-electron chi connectivity index (χ3n) is 4.07. The first-order valence-electron chi connectivity index (χ1n) is 9.12. The number of nitrogens with zero attached hydrogens (tertiary/aromatic N) is 6. The number of nitrogens with one attached hydrogen (secondary N) is 2. The minimum absolute atomic E-state index is 0. The molecular weight excluding hydrogens is 519 g/mol. The molecule has 0 aliphatic rings. The average Bonchev–Trinajstić information content (AvgIpc) is 3.37. The van der Waals surface area contributed by atoms with Crippen LogP contribution in [0.5, 0.6) is 0 Å². The molecule has 2 N–H and O–H groups in total. The van der Waals surface area contributed by atoms with Crippen molar-refractivity contribution in [2.75, 3.05) is 6.54 Å². The van der Waals surface area contributed by atoms with Crippen LogP contribution in [0.15, 0.2) is 58.2 Å². The van der Waals surface area contributed by atoms with Crippen LogP contribution in [0.25, 0.3) is 17.0 Å². The highest BCUT2D eigenvalue weighted by Crippen LogP contribution is 2.19. The van der Waals surface area contributed by atoms with Gasteiger partial charge in [0.2, 0.25) is 11.7 Å². The number of benzene rings is 1. The topological polar surface area (TPSA) is 106 Å². The Morgan fingerprint density at radius 1 is 1.17 bits per heavy atom. The van der Waals surface area contributed by atoms with E-state index in [9.17, 15) is 0 Å². The van der Waals surface area contributed by atoms with E-state index < -0.39 is 0 Å². The number of guanidine groups is 1. The molecule has 1 aromatic carbocycles. The van der Waals surface area contributed by atoms with Gasteiger partial charge in [0.05, 0.1) is 6.54 Å². The number of fused-ring (bicyclic) bond motifs is 1. The second kappa shape index (κ2) is 10.3. The van der Waals surface area contributed by atoms with E-state index in [4.69, 9.17) is 16.1 Å². The minimum atomic E-state index is 0. The molecule has 156 valence electrons. The number of aliphatic imine (C=N–C) groups is 1. The molecule has 9 nitrogen and oxygen atoms in total. The van der Waals surface area contributed by atoms with Gasteiger partial charge >= 0.3 is 0 Å². The van der Waals surface area contributed by atoms with Gasteiger partial charge in [-0.2, -0.15) is 4.98 Å². The van der Waals surface area contributed by atoms with Crippen LogP contribution in [-0.4, -0.2) is 37.2 Å².